The number of nitrogens with zero attached hydrogens (tertiary/aromatic N) is 1. The molecule has 1 fully saturated rings. The molecule has 0 spiro atoms. The van der Waals surface area contributed by atoms with Gasteiger partial charge in [-0.2, -0.15) is 0 Å². The van der Waals surface area contributed by atoms with Gasteiger partial charge in [-0.1, -0.05) is 12.1 Å². The van der Waals surface area contributed by atoms with E-state index in [1.54, 1.807) is 26.4 Å². The van der Waals surface area contributed by atoms with Crippen molar-refractivity contribution in [2.24, 2.45) is 0 Å². The molecule has 0 atom stereocenters. The molecule has 0 aromatic heterocycles. The largest absolute Gasteiger partial charge is 0.496 e. The number of carbonyl (C=O) groups excluding carboxylic acids is 1. The fourth-order valence-electron chi connectivity index (χ4n) is 3.86. The summed E-state index contributed by atoms with van der Waals surface area (Å²) in [6, 6.07) is 11.8. The van der Waals surface area contributed by atoms with Gasteiger partial charge >= 0.3 is 0 Å². The molecule has 1 saturated heterocycles. The number of ether oxygens (including phenoxy) is 4. The van der Waals surface area contributed by atoms with Gasteiger partial charge in [0.1, 0.15) is 23.9 Å². The van der Waals surface area contributed by atoms with E-state index in [0.717, 1.165) is 49.5 Å². The molecule has 0 radical (unpaired) electrons. The topological polar surface area (TPSA) is 69.3 Å². The van der Waals surface area contributed by atoms with E-state index in [-0.39, 0.29) is 5.91 Å². The highest BCUT2D eigenvalue weighted by atomic mass is 16.5. The first-order chi connectivity index (χ1) is 15.5. The van der Waals surface area contributed by atoms with Gasteiger partial charge in [-0.25, -0.2) is 0 Å². The number of benzene rings is 2. The molecule has 1 amide bonds. The highest BCUT2D eigenvalue weighted by Gasteiger charge is 2.18. The molecule has 174 valence electrons. The monoisotopic (exact) mass is 442 g/mol. The lowest BCUT2D eigenvalue weighted by Gasteiger charge is -2.31. The summed E-state index contributed by atoms with van der Waals surface area (Å²) < 4.78 is 22.1. The van der Waals surface area contributed by atoms with E-state index in [2.05, 4.69) is 17.3 Å². The molecule has 1 N–H and O–H groups in total. The van der Waals surface area contributed by atoms with Gasteiger partial charge in [0.05, 0.1) is 14.2 Å². The molecule has 1 heterocycles. The molecule has 1 aliphatic heterocycles. The first-order valence-electron chi connectivity index (χ1n) is 11.0. The highest BCUT2D eigenvalue weighted by Crippen LogP contribution is 2.29. The number of hydrogen-bond acceptors (Lipinski definition) is 6. The van der Waals surface area contributed by atoms with Gasteiger partial charge in [0.25, 0.3) is 5.91 Å². The standard InChI is InChI=1S/C25H34N2O5/c1-18-23(29-3)15-20(16-24(18)30-4)25(28)26-17-19-6-5-7-22(14-19)32-13-10-27(2)21-8-11-31-12-9-21/h5-7,14-16,21H,8-13,17H2,1-4H3,(H,26,28). The number of hydrogen-bond donors (Lipinski definition) is 1. The molecule has 2 aromatic rings. The molecule has 7 heteroatoms. The number of rotatable bonds is 10. The van der Waals surface area contributed by atoms with Crippen LogP contribution in [0.25, 0.3) is 0 Å². The normalized spacial score (nSPS) is 14.3. The minimum atomic E-state index is -0.189. The zero-order chi connectivity index (χ0) is 22.9. The molecule has 3 rings (SSSR count). The van der Waals surface area contributed by atoms with Crippen molar-refractivity contribution in [3.63, 3.8) is 0 Å². The van der Waals surface area contributed by atoms with E-state index in [1.807, 2.05) is 31.2 Å². The molecule has 32 heavy (non-hydrogen) atoms. The average molecular weight is 443 g/mol. The number of methoxy groups -OCH3 is 2. The van der Waals surface area contributed by atoms with E-state index < -0.39 is 0 Å². The van der Waals surface area contributed by atoms with Gasteiger partial charge in [-0.05, 0) is 56.6 Å². The van der Waals surface area contributed by atoms with Crippen molar-refractivity contribution in [3.05, 3.63) is 53.1 Å². The maximum atomic E-state index is 12.7. The van der Waals surface area contributed by atoms with Crippen molar-refractivity contribution in [1.82, 2.24) is 10.2 Å². The smallest absolute Gasteiger partial charge is 0.251 e. The lowest BCUT2D eigenvalue weighted by atomic mass is 10.1. The minimum Gasteiger partial charge on any atom is -0.496 e. The van der Waals surface area contributed by atoms with Gasteiger partial charge in [-0.3, -0.25) is 9.69 Å². The minimum absolute atomic E-state index is 0.189. The predicted molar refractivity (Wildman–Crippen MR) is 124 cm³/mol. The van der Waals surface area contributed by atoms with Gasteiger partial charge in [0, 0.05) is 43.5 Å². The Morgan fingerprint density at radius 3 is 2.47 bits per heavy atom. The Hall–Kier alpha value is -2.77. The van der Waals surface area contributed by atoms with Gasteiger partial charge in [0.2, 0.25) is 0 Å². The third kappa shape index (κ3) is 6.37. The second-order valence-corrected chi connectivity index (χ2v) is 8.01. The summed E-state index contributed by atoms with van der Waals surface area (Å²) in [5.41, 5.74) is 2.33. The van der Waals surface area contributed by atoms with Crippen molar-refractivity contribution in [3.8, 4) is 17.2 Å². The molecule has 1 aliphatic rings. The number of carbonyl (C=O) groups is 1. The van der Waals surface area contributed by atoms with Crippen LogP contribution in [-0.2, 0) is 11.3 Å². The van der Waals surface area contributed by atoms with Crippen LogP contribution in [0, 0.1) is 6.92 Å². The zero-order valence-electron chi connectivity index (χ0n) is 19.5. The maximum Gasteiger partial charge on any atom is 0.251 e. The second-order valence-electron chi connectivity index (χ2n) is 8.01. The molecule has 2 aromatic carbocycles. The SMILES string of the molecule is COc1cc(C(=O)NCc2cccc(OCCN(C)C3CCOCC3)c2)cc(OC)c1C. The highest BCUT2D eigenvalue weighted by molar-refractivity contribution is 5.95. The van der Waals surface area contributed by atoms with Gasteiger partial charge in [-0.15, -0.1) is 0 Å². The van der Waals surface area contributed by atoms with E-state index in [4.69, 9.17) is 18.9 Å². The summed E-state index contributed by atoms with van der Waals surface area (Å²) in [6.07, 6.45) is 2.15. The Bertz CT molecular complexity index is 871. The predicted octanol–water partition coefficient (Wildman–Crippen LogP) is 3.43. The third-order valence-corrected chi connectivity index (χ3v) is 5.89. The summed E-state index contributed by atoms with van der Waals surface area (Å²) in [5.74, 6) is 1.85. The fraction of sp³-hybridized carbons (Fsp3) is 0.480. The summed E-state index contributed by atoms with van der Waals surface area (Å²) in [7, 11) is 5.30. The number of amides is 1. The van der Waals surface area contributed by atoms with Crippen LogP contribution in [0.15, 0.2) is 36.4 Å². The molecule has 0 saturated carbocycles. The van der Waals surface area contributed by atoms with Crippen LogP contribution < -0.4 is 19.5 Å². The Balaban J connectivity index is 1.52. The van der Waals surface area contributed by atoms with E-state index in [9.17, 15) is 4.79 Å². The van der Waals surface area contributed by atoms with Crippen LogP contribution >= 0.6 is 0 Å². The first-order valence-corrected chi connectivity index (χ1v) is 11.0. The molecule has 0 bridgehead atoms. The van der Waals surface area contributed by atoms with Crippen LogP contribution in [0.1, 0.15) is 34.3 Å². The van der Waals surface area contributed by atoms with Crippen LogP contribution in [0.4, 0.5) is 0 Å². The van der Waals surface area contributed by atoms with Gasteiger partial charge in [0.15, 0.2) is 0 Å². The van der Waals surface area contributed by atoms with E-state index in [1.165, 1.54) is 0 Å². The van der Waals surface area contributed by atoms with E-state index in [0.29, 0.717) is 36.3 Å². The third-order valence-electron chi connectivity index (χ3n) is 5.89. The summed E-state index contributed by atoms with van der Waals surface area (Å²) in [4.78, 5) is 15.0. The Morgan fingerprint density at radius 2 is 1.81 bits per heavy atom. The van der Waals surface area contributed by atoms with Crippen molar-refractivity contribution < 1.29 is 23.7 Å². The molecule has 7 nitrogen and oxygen atoms in total. The lowest BCUT2D eigenvalue weighted by molar-refractivity contribution is 0.0392. The Labute approximate surface area is 190 Å². The Morgan fingerprint density at radius 1 is 1.12 bits per heavy atom. The van der Waals surface area contributed by atoms with Crippen LogP contribution in [0.3, 0.4) is 0 Å². The molecular formula is C25H34N2O5. The van der Waals surface area contributed by atoms with Crippen LogP contribution in [-0.4, -0.2) is 64.5 Å². The van der Waals surface area contributed by atoms with Crippen molar-refractivity contribution in [1.29, 1.82) is 0 Å². The van der Waals surface area contributed by atoms with Crippen molar-refractivity contribution >= 4 is 5.91 Å². The quantitative estimate of drug-likeness (QED) is 0.608. The first kappa shape index (κ1) is 23.9. The number of nitrogens with one attached hydrogen (secondary N) is 1. The fourth-order valence-corrected chi connectivity index (χ4v) is 3.86. The molecular weight excluding hydrogens is 408 g/mol. The lowest BCUT2D eigenvalue weighted by Crippen LogP contribution is -2.38. The van der Waals surface area contributed by atoms with Crippen molar-refractivity contribution in [2.45, 2.75) is 32.4 Å². The summed E-state index contributed by atoms with van der Waals surface area (Å²) in [6.45, 7) is 5.45. The van der Waals surface area contributed by atoms with E-state index >= 15 is 0 Å². The molecule has 0 unspecified atom stereocenters. The van der Waals surface area contributed by atoms with Gasteiger partial charge < -0.3 is 24.3 Å². The maximum absolute atomic E-state index is 12.7. The summed E-state index contributed by atoms with van der Waals surface area (Å²) >= 11 is 0. The summed E-state index contributed by atoms with van der Waals surface area (Å²) in [5, 5.41) is 2.96. The van der Waals surface area contributed by atoms with Crippen LogP contribution in [0.2, 0.25) is 0 Å². The zero-order valence-corrected chi connectivity index (χ0v) is 19.5. The van der Waals surface area contributed by atoms with Crippen molar-refractivity contribution in [2.75, 3.05) is 47.6 Å². The molecule has 0 aliphatic carbocycles. The Kier molecular flexibility index (Phi) is 8.76. The van der Waals surface area contributed by atoms with Crippen LogP contribution in [0.5, 0.6) is 17.2 Å². The average Bonchev–Trinajstić information content (AvgIpc) is 2.83. The second kappa shape index (κ2) is 11.7. The number of likely N-dealkylation sites (N-methyl/N-ethyl adjacent to an activating group) is 1.